The lowest BCUT2D eigenvalue weighted by atomic mass is 10.1. The van der Waals surface area contributed by atoms with Crippen molar-refractivity contribution < 1.29 is 14.3 Å². The third kappa shape index (κ3) is 4.70. The van der Waals surface area contributed by atoms with E-state index in [0.717, 1.165) is 57.1 Å². The number of nitrogens with zero attached hydrogens (tertiary/aromatic N) is 3. The summed E-state index contributed by atoms with van der Waals surface area (Å²) in [6.45, 7) is 8.46. The van der Waals surface area contributed by atoms with Crippen LogP contribution in [-0.2, 0) is 20.9 Å². The van der Waals surface area contributed by atoms with Gasteiger partial charge < -0.3 is 25.0 Å². The van der Waals surface area contributed by atoms with E-state index in [1.807, 2.05) is 12.1 Å². The summed E-state index contributed by atoms with van der Waals surface area (Å²) in [5.74, 6) is 0.458. The zero-order chi connectivity index (χ0) is 17.6. The molecular formula is C18H26N4O3. The van der Waals surface area contributed by atoms with E-state index >= 15 is 0 Å². The first kappa shape index (κ1) is 17.7. The Morgan fingerprint density at radius 2 is 2.20 bits per heavy atom. The van der Waals surface area contributed by atoms with Gasteiger partial charge in [0.1, 0.15) is 5.82 Å². The number of hydrogen-bond acceptors (Lipinski definition) is 6. The number of morpholine rings is 1. The Kier molecular flexibility index (Phi) is 5.88. The van der Waals surface area contributed by atoms with Gasteiger partial charge in [0, 0.05) is 37.9 Å². The fraction of sp³-hybridized carbons (Fsp3) is 0.556. The van der Waals surface area contributed by atoms with Crippen molar-refractivity contribution in [3.63, 3.8) is 0 Å². The van der Waals surface area contributed by atoms with Gasteiger partial charge in [0.05, 0.1) is 31.6 Å². The molecule has 2 fully saturated rings. The van der Waals surface area contributed by atoms with Gasteiger partial charge in [-0.2, -0.15) is 0 Å². The van der Waals surface area contributed by atoms with Crippen molar-refractivity contribution in [3.05, 3.63) is 30.5 Å². The standard InChI is InChI=1S/C18H26N4O3/c1-2-18(23)22-5-3-4-16(12-22)25-13-14-10-15(11-17(19)20-14)21-6-8-24-9-7-21/h2,10-11,16H,1,3-9,12-13H2,(H2,19,20). The Bertz CT molecular complexity index is 616. The van der Waals surface area contributed by atoms with E-state index in [-0.39, 0.29) is 12.0 Å². The van der Waals surface area contributed by atoms with Crippen molar-refractivity contribution in [2.75, 3.05) is 50.0 Å². The largest absolute Gasteiger partial charge is 0.384 e. The molecule has 1 unspecified atom stereocenters. The molecule has 0 saturated carbocycles. The van der Waals surface area contributed by atoms with E-state index in [4.69, 9.17) is 15.2 Å². The van der Waals surface area contributed by atoms with Crippen LogP contribution in [0.25, 0.3) is 0 Å². The number of pyridine rings is 1. The second kappa shape index (κ2) is 8.31. The molecule has 136 valence electrons. The summed E-state index contributed by atoms with van der Waals surface area (Å²) in [6, 6.07) is 3.91. The molecule has 25 heavy (non-hydrogen) atoms. The van der Waals surface area contributed by atoms with Crippen LogP contribution in [0.5, 0.6) is 0 Å². The Morgan fingerprint density at radius 3 is 2.96 bits per heavy atom. The third-order valence-electron chi connectivity index (χ3n) is 4.59. The molecule has 1 aromatic rings. The maximum Gasteiger partial charge on any atom is 0.246 e. The molecule has 1 amide bonds. The van der Waals surface area contributed by atoms with Crippen LogP contribution in [0.4, 0.5) is 11.5 Å². The molecule has 1 atom stereocenters. The Balaban J connectivity index is 1.60. The Hall–Kier alpha value is -2.12. The number of carbonyl (C=O) groups is 1. The summed E-state index contributed by atoms with van der Waals surface area (Å²) < 4.78 is 11.4. The van der Waals surface area contributed by atoms with Crippen LogP contribution in [0.15, 0.2) is 24.8 Å². The van der Waals surface area contributed by atoms with Crippen molar-refractivity contribution >= 4 is 17.4 Å². The van der Waals surface area contributed by atoms with Crippen LogP contribution in [-0.4, -0.2) is 61.3 Å². The van der Waals surface area contributed by atoms with Gasteiger partial charge in [0.2, 0.25) is 5.91 Å². The highest BCUT2D eigenvalue weighted by molar-refractivity contribution is 5.87. The molecule has 7 heteroatoms. The second-order valence-corrected chi connectivity index (χ2v) is 6.40. The summed E-state index contributed by atoms with van der Waals surface area (Å²) in [7, 11) is 0. The van der Waals surface area contributed by atoms with E-state index in [2.05, 4.69) is 16.5 Å². The quantitative estimate of drug-likeness (QED) is 0.807. The molecule has 3 heterocycles. The predicted octanol–water partition coefficient (Wildman–Crippen LogP) is 1.19. The zero-order valence-electron chi connectivity index (χ0n) is 14.5. The van der Waals surface area contributed by atoms with Crippen molar-refractivity contribution in [2.24, 2.45) is 0 Å². The monoisotopic (exact) mass is 346 g/mol. The van der Waals surface area contributed by atoms with Gasteiger partial charge in [-0.25, -0.2) is 4.98 Å². The molecule has 0 radical (unpaired) electrons. The molecule has 0 bridgehead atoms. The molecule has 0 aliphatic carbocycles. The number of hydrogen-bond donors (Lipinski definition) is 1. The summed E-state index contributed by atoms with van der Waals surface area (Å²) >= 11 is 0. The van der Waals surface area contributed by atoms with Crippen molar-refractivity contribution in [3.8, 4) is 0 Å². The average molecular weight is 346 g/mol. The number of piperidine rings is 1. The van der Waals surface area contributed by atoms with Crippen LogP contribution in [0.2, 0.25) is 0 Å². The predicted molar refractivity (Wildman–Crippen MR) is 96.3 cm³/mol. The topological polar surface area (TPSA) is 80.9 Å². The highest BCUT2D eigenvalue weighted by Gasteiger charge is 2.23. The molecular weight excluding hydrogens is 320 g/mol. The molecule has 0 spiro atoms. The van der Waals surface area contributed by atoms with Crippen LogP contribution in [0.3, 0.4) is 0 Å². The number of rotatable bonds is 5. The van der Waals surface area contributed by atoms with E-state index in [1.54, 1.807) is 4.90 Å². The van der Waals surface area contributed by atoms with Crippen molar-refractivity contribution in [2.45, 2.75) is 25.6 Å². The summed E-state index contributed by atoms with van der Waals surface area (Å²) in [5, 5.41) is 0. The van der Waals surface area contributed by atoms with Crippen LogP contribution in [0, 0.1) is 0 Å². The minimum Gasteiger partial charge on any atom is -0.384 e. The molecule has 2 saturated heterocycles. The number of aromatic nitrogens is 1. The minimum absolute atomic E-state index is 0.0210. The molecule has 1 aromatic heterocycles. The number of nitrogen functional groups attached to an aromatic ring is 1. The van der Waals surface area contributed by atoms with Crippen LogP contribution in [0.1, 0.15) is 18.5 Å². The van der Waals surface area contributed by atoms with E-state index < -0.39 is 0 Å². The maximum atomic E-state index is 11.8. The summed E-state index contributed by atoms with van der Waals surface area (Å²) in [5.41, 5.74) is 7.84. The number of nitrogens with two attached hydrogens (primary N) is 1. The highest BCUT2D eigenvalue weighted by atomic mass is 16.5. The Labute approximate surface area is 148 Å². The van der Waals surface area contributed by atoms with E-state index in [9.17, 15) is 4.79 Å². The fourth-order valence-electron chi connectivity index (χ4n) is 3.28. The molecule has 3 rings (SSSR count). The zero-order valence-corrected chi connectivity index (χ0v) is 14.5. The molecule has 2 N–H and O–H groups in total. The van der Waals surface area contributed by atoms with Gasteiger partial charge in [-0.1, -0.05) is 6.58 Å². The average Bonchev–Trinajstić information content (AvgIpc) is 2.66. The lowest BCUT2D eigenvalue weighted by Crippen LogP contribution is -2.42. The summed E-state index contributed by atoms with van der Waals surface area (Å²) in [6.07, 6.45) is 3.26. The van der Waals surface area contributed by atoms with Gasteiger partial charge in [-0.3, -0.25) is 4.79 Å². The Morgan fingerprint density at radius 1 is 1.40 bits per heavy atom. The number of likely N-dealkylation sites (tertiary alicyclic amines) is 1. The first-order chi connectivity index (χ1) is 12.2. The van der Waals surface area contributed by atoms with E-state index in [1.165, 1.54) is 6.08 Å². The lowest BCUT2D eigenvalue weighted by molar-refractivity contribution is -0.130. The highest BCUT2D eigenvalue weighted by Crippen LogP contribution is 2.21. The first-order valence-corrected chi connectivity index (χ1v) is 8.78. The van der Waals surface area contributed by atoms with Gasteiger partial charge in [0.25, 0.3) is 0 Å². The summed E-state index contributed by atoms with van der Waals surface area (Å²) in [4.78, 5) is 20.2. The van der Waals surface area contributed by atoms with Crippen LogP contribution >= 0.6 is 0 Å². The lowest BCUT2D eigenvalue weighted by Gasteiger charge is -2.32. The van der Waals surface area contributed by atoms with Crippen molar-refractivity contribution in [1.82, 2.24) is 9.88 Å². The van der Waals surface area contributed by atoms with Crippen molar-refractivity contribution in [1.29, 1.82) is 0 Å². The van der Waals surface area contributed by atoms with Gasteiger partial charge in [-0.05, 0) is 25.0 Å². The first-order valence-electron chi connectivity index (χ1n) is 8.78. The minimum atomic E-state index is -0.0371. The van der Waals surface area contributed by atoms with Gasteiger partial charge >= 0.3 is 0 Å². The van der Waals surface area contributed by atoms with Crippen LogP contribution < -0.4 is 10.6 Å². The maximum absolute atomic E-state index is 11.8. The molecule has 2 aliphatic heterocycles. The number of anilines is 2. The normalized spacial score (nSPS) is 21.2. The molecule has 7 nitrogen and oxygen atoms in total. The second-order valence-electron chi connectivity index (χ2n) is 6.40. The molecule has 2 aliphatic rings. The fourth-order valence-corrected chi connectivity index (χ4v) is 3.28. The number of carbonyl (C=O) groups excluding carboxylic acids is 1. The van der Waals surface area contributed by atoms with Gasteiger partial charge in [0.15, 0.2) is 0 Å². The third-order valence-corrected chi connectivity index (χ3v) is 4.59. The van der Waals surface area contributed by atoms with Gasteiger partial charge in [-0.15, -0.1) is 0 Å². The molecule has 0 aromatic carbocycles. The SMILES string of the molecule is C=CC(=O)N1CCCC(OCc2cc(N3CCOCC3)cc(N)n2)C1. The smallest absolute Gasteiger partial charge is 0.246 e. The number of amides is 1. The van der Waals surface area contributed by atoms with E-state index in [0.29, 0.717) is 19.0 Å². The number of ether oxygens (including phenoxy) is 2.